The van der Waals surface area contributed by atoms with Gasteiger partial charge in [-0.15, -0.1) is 0 Å². The standard InChI is InChI=1S/C19H21Cl2NO3/c1-4-24-17-9-6-13(10-18(17)25-5-2)12(3)22-19(23)15-11-14(20)7-8-16(15)21/h6-12H,4-5H2,1-3H3,(H,22,23). The fraction of sp³-hybridized carbons (Fsp3) is 0.316. The lowest BCUT2D eigenvalue weighted by Gasteiger charge is -2.18. The van der Waals surface area contributed by atoms with E-state index in [-0.39, 0.29) is 11.9 Å². The van der Waals surface area contributed by atoms with Crippen molar-refractivity contribution in [3.05, 3.63) is 57.6 Å². The van der Waals surface area contributed by atoms with Crippen molar-refractivity contribution in [3.63, 3.8) is 0 Å². The summed E-state index contributed by atoms with van der Waals surface area (Å²) in [6, 6.07) is 10.2. The summed E-state index contributed by atoms with van der Waals surface area (Å²) in [5.41, 5.74) is 1.25. The van der Waals surface area contributed by atoms with Gasteiger partial charge in [-0.3, -0.25) is 4.79 Å². The number of amides is 1. The molecule has 2 aromatic rings. The van der Waals surface area contributed by atoms with E-state index < -0.39 is 0 Å². The normalized spacial score (nSPS) is 11.7. The molecule has 1 N–H and O–H groups in total. The Kier molecular flexibility index (Phi) is 6.97. The number of benzene rings is 2. The van der Waals surface area contributed by atoms with E-state index in [2.05, 4.69) is 5.32 Å². The average Bonchev–Trinajstić information content (AvgIpc) is 2.58. The number of carbonyl (C=O) groups excluding carboxylic acids is 1. The van der Waals surface area contributed by atoms with Crippen LogP contribution in [-0.2, 0) is 0 Å². The van der Waals surface area contributed by atoms with Gasteiger partial charge in [0, 0.05) is 5.02 Å². The lowest BCUT2D eigenvalue weighted by Crippen LogP contribution is -2.27. The molecule has 134 valence electrons. The Balaban J connectivity index is 2.19. The quantitative estimate of drug-likeness (QED) is 0.709. The van der Waals surface area contributed by atoms with Crippen LogP contribution in [0.25, 0.3) is 0 Å². The van der Waals surface area contributed by atoms with Gasteiger partial charge in [-0.1, -0.05) is 29.3 Å². The van der Waals surface area contributed by atoms with Crippen molar-refractivity contribution >= 4 is 29.1 Å². The van der Waals surface area contributed by atoms with Gasteiger partial charge in [-0.05, 0) is 56.7 Å². The van der Waals surface area contributed by atoms with Crippen LogP contribution in [-0.4, -0.2) is 19.1 Å². The maximum Gasteiger partial charge on any atom is 0.253 e. The summed E-state index contributed by atoms with van der Waals surface area (Å²) in [5, 5.41) is 3.74. The maximum atomic E-state index is 12.5. The highest BCUT2D eigenvalue weighted by molar-refractivity contribution is 6.35. The first kappa shape index (κ1) is 19.4. The predicted octanol–water partition coefficient (Wildman–Crippen LogP) is 5.28. The highest BCUT2D eigenvalue weighted by atomic mass is 35.5. The molecule has 0 saturated heterocycles. The van der Waals surface area contributed by atoms with Gasteiger partial charge in [-0.25, -0.2) is 0 Å². The smallest absolute Gasteiger partial charge is 0.253 e. The molecule has 0 bridgehead atoms. The van der Waals surface area contributed by atoms with E-state index in [1.54, 1.807) is 18.2 Å². The SMILES string of the molecule is CCOc1ccc(C(C)NC(=O)c2cc(Cl)ccc2Cl)cc1OCC. The predicted molar refractivity (Wildman–Crippen MR) is 101 cm³/mol. The van der Waals surface area contributed by atoms with Crippen LogP contribution in [0.5, 0.6) is 11.5 Å². The third-order valence-corrected chi connectivity index (χ3v) is 4.15. The van der Waals surface area contributed by atoms with Gasteiger partial charge in [0.05, 0.1) is 29.8 Å². The molecule has 0 saturated carbocycles. The van der Waals surface area contributed by atoms with Gasteiger partial charge in [0.2, 0.25) is 0 Å². The molecule has 0 aliphatic heterocycles. The Bertz CT molecular complexity index is 749. The lowest BCUT2D eigenvalue weighted by atomic mass is 10.1. The zero-order valence-electron chi connectivity index (χ0n) is 14.4. The Hall–Kier alpha value is -1.91. The monoisotopic (exact) mass is 381 g/mol. The summed E-state index contributed by atoms with van der Waals surface area (Å²) < 4.78 is 11.2. The van der Waals surface area contributed by atoms with Gasteiger partial charge in [0.15, 0.2) is 11.5 Å². The first-order valence-corrected chi connectivity index (χ1v) is 8.87. The molecule has 2 aromatic carbocycles. The Labute approximate surface area is 158 Å². The molecule has 0 aromatic heterocycles. The minimum atomic E-state index is -0.285. The molecule has 1 unspecified atom stereocenters. The number of hydrogen-bond donors (Lipinski definition) is 1. The highest BCUT2D eigenvalue weighted by Crippen LogP contribution is 2.31. The minimum Gasteiger partial charge on any atom is -0.490 e. The molecule has 1 atom stereocenters. The number of halogens is 2. The first-order chi connectivity index (χ1) is 12.0. The van der Waals surface area contributed by atoms with Gasteiger partial charge in [0.25, 0.3) is 5.91 Å². The van der Waals surface area contributed by atoms with E-state index in [1.807, 2.05) is 39.0 Å². The number of nitrogens with one attached hydrogen (secondary N) is 1. The molecular formula is C19H21Cl2NO3. The summed E-state index contributed by atoms with van der Waals surface area (Å²) in [7, 11) is 0. The van der Waals surface area contributed by atoms with Crippen LogP contribution in [0.1, 0.15) is 42.7 Å². The van der Waals surface area contributed by atoms with Crippen LogP contribution >= 0.6 is 23.2 Å². The van der Waals surface area contributed by atoms with E-state index in [0.717, 1.165) is 5.56 Å². The third kappa shape index (κ3) is 5.03. The molecule has 1 amide bonds. The molecule has 0 heterocycles. The van der Waals surface area contributed by atoms with Crippen molar-refractivity contribution in [3.8, 4) is 11.5 Å². The molecule has 4 nitrogen and oxygen atoms in total. The Morgan fingerprint density at radius 3 is 2.40 bits per heavy atom. The average molecular weight is 382 g/mol. The highest BCUT2D eigenvalue weighted by Gasteiger charge is 2.16. The zero-order chi connectivity index (χ0) is 18.4. The maximum absolute atomic E-state index is 12.5. The number of carbonyl (C=O) groups is 1. The lowest BCUT2D eigenvalue weighted by molar-refractivity contribution is 0.0940. The van der Waals surface area contributed by atoms with Gasteiger partial charge in [-0.2, -0.15) is 0 Å². The summed E-state index contributed by atoms with van der Waals surface area (Å²) in [5.74, 6) is 1.06. The first-order valence-electron chi connectivity index (χ1n) is 8.11. The van der Waals surface area contributed by atoms with E-state index in [0.29, 0.717) is 40.3 Å². The fourth-order valence-electron chi connectivity index (χ4n) is 2.37. The second-order valence-electron chi connectivity index (χ2n) is 5.39. The third-order valence-electron chi connectivity index (χ3n) is 3.59. The number of rotatable bonds is 7. The molecular weight excluding hydrogens is 361 g/mol. The van der Waals surface area contributed by atoms with Crippen molar-refractivity contribution in [2.45, 2.75) is 26.8 Å². The van der Waals surface area contributed by atoms with Crippen molar-refractivity contribution < 1.29 is 14.3 Å². The summed E-state index contributed by atoms with van der Waals surface area (Å²) in [4.78, 5) is 12.5. The molecule has 0 spiro atoms. The summed E-state index contributed by atoms with van der Waals surface area (Å²) in [6.45, 7) is 6.80. The minimum absolute atomic E-state index is 0.238. The Morgan fingerprint density at radius 2 is 1.72 bits per heavy atom. The van der Waals surface area contributed by atoms with Crippen LogP contribution in [0.3, 0.4) is 0 Å². The molecule has 6 heteroatoms. The summed E-state index contributed by atoms with van der Waals surface area (Å²) >= 11 is 12.0. The van der Waals surface area contributed by atoms with E-state index in [1.165, 1.54) is 0 Å². The van der Waals surface area contributed by atoms with E-state index >= 15 is 0 Å². The van der Waals surface area contributed by atoms with Crippen LogP contribution in [0.4, 0.5) is 0 Å². The number of hydrogen-bond acceptors (Lipinski definition) is 3. The van der Waals surface area contributed by atoms with Crippen molar-refractivity contribution in [2.24, 2.45) is 0 Å². The number of ether oxygens (including phenoxy) is 2. The summed E-state index contributed by atoms with van der Waals surface area (Å²) in [6.07, 6.45) is 0. The van der Waals surface area contributed by atoms with Crippen molar-refractivity contribution in [2.75, 3.05) is 13.2 Å². The second kappa shape index (κ2) is 8.97. The molecule has 25 heavy (non-hydrogen) atoms. The fourth-order valence-corrected chi connectivity index (χ4v) is 2.74. The van der Waals surface area contributed by atoms with Crippen LogP contribution < -0.4 is 14.8 Å². The Morgan fingerprint density at radius 1 is 1.04 bits per heavy atom. The van der Waals surface area contributed by atoms with E-state index in [4.69, 9.17) is 32.7 Å². The molecule has 0 fully saturated rings. The van der Waals surface area contributed by atoms with Crippen molar-refractivity contribution in [1.29, 1.82) is 0 Å². The van der Waals surface area contributed by atoms with Crippen LogP contribution in [0, 0.1) is 0 Å². The molecule has 2 rings (SSSR count). The van der Waals surface area contributed by atoms with Gasteiger partial charge >= 0.3 is 0 Å². The van der Waals surface area contributed by atoms with E-state index in [9.17, 15) is 4.79 Å². The zero-order valence-corrected chi connectivity index (χ0v) is 15.9. The van der Waals surface area contributed by atoms with Gasteiger partial charge < -0.3 is 14.8 Å². The van der Waals surface area contributed by atoms with Gasteiger partial charge in [0.1, 0.15) is 0 Å². The van der Waals surface area contributed by atoms with Crippen LogP contribution in [0.2, 0.25) is 10.0 Å². The largest absolute Gasteiger partial charge is 0.490 e. The molecule has 0 aliphatic carbocycles. The van der Waals surface area contributed by atoms with Crippen LogP contribution in [0.15, 0.2) is 36.4 Å². The second-order valence-corrected chi connectivity index (χ2v) is 6.24. The molecule has 0 radical (unpaired) electrons. The van der Waals surface area contributed by atoms with Crippen molar-refractivity contribution in [1.82, 2.24) is 5.32 Å². The molecule has 0 aliphatic rings. The topological polar surface area (TPSA) is 47.6 Å².